The SMILES string of the molecule is CCCN(CC(=O)O)CC(=O)NC(=O)Nc1ccc2c(c1)OCCCO2.Cl. The van der Waals surface area contributed by atoms with Crippen molar-refractivity contribution < 1.29 is 29.0 Å². The summed E-state index contributed by atoms with van der Waals surface area (Å²) in [4.78, 5) is 36.2. The van der Waals surface area contributed by atoms with Gasteiger partial charge in [0.05, 0.1) is 26.3 Å². The number of aliphatic carboxylic acids is 1. The van der Waals surface area contributed by atoms with E-state index in [9.17, 15) is 14.4 Å². The number of hydrogen-bond acceptors (Lipinski definition) is 6. The highest BCUT2D eigenvalue weighted by Gasteiger charge is 2.16. The van der Waals surface area contributed by atoms with Gasteiger partial charge < -0.3 is 19.9 Å². The van der Waals surface area contributed by atoms with Crippen LogP contribution >= 0.6 is 12.4 Å². The first-order chi connectivity index (χ1) is 12.5. The summed E-state index contributed by atoms with van der Waals surface area (Å²) in [6.07, 6.45) is 1.47. The van der Waals surface area contributed by atoms with Crippen LogP contribution in [0.1, 0.15) is 19.8 Å². The number of halogens is 1. The second kappa shape index (κ2) is 11.2. The van der Waals surface area contributed by atoms with Crippen LogP contribution in [0, 0.1) is 0 Å². The highest BCUT2D eigenvalue weighted by Crippen LogP contribution is 2.32. The number of carbonyl (C=O) groups is 3. The van der Waals surface area contributed by atoms with Crippen LogP contribution in [-0.2, 0) is 9.59 Å². The number of carboxylic acids is 1. The number of ether oxygens (including phenoxy) is 2. The molecule has 1 heterocycles. The lowest BCUT2D eigenvalue weighted by atomic mass is 10.3. The monoisotopic (exact) mass is 401 g/mol. The normalized spacial score (nSPS) is 12.5. The van der Waals surface area contributed by atoms with Crippen molar-refractivity contribution in [1.29, 1.82) is 0 Å². The summed E-state index contributed by atoms with van der Waals surface area (Å²) in [5, 5.41) is 13.6. The summed E-state index contributed by atoms with van der Waals surface area (Å²) in [6, 6.07) is 4.26. The lowest BCUT2D eigenvalue weighted by Gasteiger charge is -2.18. The maximum absolute atomic E-state index is 12.0. The first kappa shape index (κ1) is 22.5. The molecule has 0 atom stereocenters. The topological polar surface area (TPSA) is 117 Å². The summed E-state index contributed by atoms with van der Waals surface area (Å²) < 4.78 is 11.1. The smallest absolute Gasteiger partial charge is 0.325 e. The lowest BCUT2D eigenvalue weighted by molar-refractivity contribution is -0.138. The molecule has 0 saturated carbocycles. The molecule has 150 valence electrons. The summed E-state index contributed by atoms with van der Waals surface area (Å²) in [5.41, 5.74) is 0.454. The van der Waals surface area contributed by atoms with E-state index < -0.39 is 17.9 Å². The second-order valence-electron chi connectivity index (χ2n) is 5.82. The van der Waals surface area contributed by atoms with Crippen molar-refractivity contribution in [3.8, 4) is 11.5 Å². The molecule has 10 heteroatoms. The average Bonchev–Trinajstić information content (AvgIpc) is 2.79. The number of rotatable bonds is 7. The summed E-state index contributed by atoms with van der Waals surface area (Å²) in [7, 11) is 0. The van der Waals surface area contributed by atoms with E-state index in [1.807, 2.05) is 6.92 Å². The Morgan fingerprint density at radius 1 is 1.15 bits per heavy atom. The molecule has 27 heavy (non-hydrogen) atoms. The standard InChI is InChI=1S/C17H23N3O6.ClH/c1-2-6-20(11-16(22)23)10-15(21)19-17(24)18-12-4-5-13-14(9-12)26-8-3-7-25-13;/h4-5,9H,2-3,6-8,10-11H2,1H3,(H,22,23)(H2,18,19,21,24);1H. The molecule has 0 aromatic heterocycles. The number of carboxylic acid groups (broad SMARTS) is 1. The van der Waals surface area contributed by atoms with Gasteiger partial charge in [-0.05, 0) is 25.1 Å². The van der Waals surface area contributed by atoms with E-state index in [1.165, 1.54) is 4.90 Å². The predicted octanol–water partition coefficient (Wildman–Crippen LogP) is 1.71. The van der Waals surface area contributed by atoms with E-state index in [0.29, 0.717) is 43.4 Å². The molecule has 1 aromatic rings. The van der Waals surface area contributed by atoms with Crippen molar-refractivity contribution in [2.45, 2.75) is 19.8 Å². The fraction of sp³-hybridized carbons (Fsp3) is 0.471. The molecule has 0 aliphatic carbocycles. The minimum atomic E-state index is -1.03. The van der Waals surface area contributed by atoms with Gasteiger partial charge in [0.25, 0.3) is 0 Å². The van der Waals surface area contributed by atoms with Gasteiger partial charge in [-0.1, -0.05) is 6.92 Å². The van der Waals surface area contributed by atoms with Gasteiger partial charge in [-0.3, -0.25) is 19.8 Å². The van der Waals surface area contributed by atoms with E-state index >= 15 is 0 Å². The lowest BCUT2D eigenvalue weighted by Crippen LogP contribution is -2.43. The molecule has 1 aromatic carbocycles. The van der Waals surface area contributed by atoms with Gasteiger partial charge in [-0.2, -0.15) is 0 Å². The number of benzene rings is 1. The Morgan fingerprint density at radius 3 is 2.52 bits per heavy atom. The van der Waals surface area contributed by atoms with Gasteiger partial charge >= 0.3 is 12.0 Å². The average molecular weight is 402 g/mol. The number of hydrogen-bond donors (Lipinski definition) is 3. The Hall–Kier alpha value is -2.52. The first-order valence-electron chi connectivity index (χ1n) is 8.42. The van der Waals surface area contributed by atoms with E-state index in [4.69, 9.17) is 14.6 Å². The molecule has 1 aliphatic heterocycles. The van der Waals surface area contributed by atoms with Crippen molar-refractivity contribution in [2.24, 2.45) is 0 Å². The Labute approximate surface area is 163 Å². The van der Waals surface area contributed by atoms with Crippen molar-refractivity contribution in [3.05, 3.63) is 18.2 Å². The van der Waals surface area contributed by atoms with Crippen molar-refractivity contribution in [2.75, 3.05) is 38.2 Å². The van der Waals surface area contributed by atoms with E-state index in [-0.39, 0.29) is 25.5 Å². The van der Waals surface area contributed by atoms with Gasteiger partial charge in [0.2, 0.25) is 5.91 Å². The fourth-order valence-corrected chi connectivity index (χ4v) is 2.49. The van der Waals surface area contributed by atoms with Crippen molar-refractivity contribution in [1.82, 2.24) is 10.2 Å². The zero-order chi connectivity index (χ0) is 18.9. The molecule has 2 rings (SSSR count). The zero-order valence-corrected chi connectivity index (χ0v) is 15.8. The maximum Gasteiger partial charge on any atom is 0.325 e. The molecule has 0 radical (unpaired) electrons. The maximum atomic E-state index is 12.0. The molecule has 0 fully saturated rings. The van der Waals surface area contributed by atoms with Crippen LogP contribution in [0.4, 0.5) is 10.5 Å². The number of amides is 3. The van der Waals surface area contributed by atoms with E-state index in [0.717, 1.165) is 6.42 Å². The van der Waals surface area contributed by atoms with Crippen molar-refractivity contribution >= 4 is 36.0 Å². The first-order valence-corrected chi connectivity index (χ1v) is 8.42. The molecular weight excluding hydrogens is 378 g/mol. The fourth-order valence-electron chi connectivity index (χ4n) is 2.49. The Kier molecular flexibility index (Phi) is 9.38. The van der Waals surface area contributed by atoms with Crippen LogP contribution < -0.4 is 20.1 Å². The van der Waals surface area contributed by atoms with Crippen LogP contribution in [0.3, 0.4) is 0 Å². The van der Waals surface area contributed by atoms with Gasteiger partial charge in [-0.25, -0.2) is 4.79 Å². The van der Waals surface area contributed by atoms with Gasteiger partial charge in [-0.15, -0.1) is 12.4 Å². The molecule has 0 bridgehead atoms. The third-order valence-electron chi connectivity index (χ3n) is 3.52. The van der Waals surface area contributed by atoms with Crippen molar-refractivity contribution in [3.63, 3.8) is 0 Å². The van der Waals surface area contributed by atoms with Crippen LogP contribution in [0.25, 0.3) is 0 Å². The van der Waals surface area contributed by atoms with E-state index in [2.05, 4.69) is 10.6 Å². The molecule has 9 nitrogen and oxygen atoms in total. The number of anilines is 1. The largest absolute Gasteiger partial charge is 0.490 e. The predicted molar refractivity (Wildman–Crippen MR) is 101 cm³/mol. The third-order valence-corrected chi connectivity index (χ3v) is 3.52. The van der Waals surface area contributed by atoms with E-state index in [1.54, 1.807) is 18.2 Å². The Bertz CT molecular complexity index is 670. The summed E-state index contributed by atoms with van der Waals surface area (Å²) in [5.74, 6) is -0.468. The highest BCUT2D eigenvalue weighted by atomic mass is 35.5. The molecule has 3 N–H and O–H groups in total. The van der Waals surface area contributed by atoms with Crippen LogP contribution in [-0.4, -0.2) is 60.8 Å². The molecular formula is C17H24ClN3O6. The summed E-state index contributed by atoms with van der Waals surface area (Å²) in [6.45, 7) is 2.99. The van der Waals surface area contributed by atoms with Gasteiger partial charge in [0.1, 0.15) is 0 Å². The number of nitrogens with one attached hydrogen (secondary N) is 2. The van der Waals surface area contributed by atoms with Crippen LogP contribution in [0.5, 0.6) is 11.5 Å². The molecule has 0 spiro atoms. The molecule has 0 unspecified atom stereocenters. The van der Waals surface area contributed by atoms with Gasteiger partial charge in [0.15, 0.2) is 11.5 Å². The van der Waals surface area contributed by atoms with Crippen LogP contribution in [0.2, 0.25) is 0 Å². The Balaban J connectivity index is 0.00000364. The second-order valence-corrected chi connectivity index (χ2v) is 5.82. The number of nitrogens with zero attached hydrogens (tertiary/aromatic N) is 1. The number of carbonyl (C=O) groups excluding carboxylic acids is 2. The van der Waals surface area contributed by atoms with Crippen LogP contribution in [0.15, 0.2) is 18.2 Å². The molecule has 1 aliphatic rings. The third kappa shape index (κ3) is 7.71. The minimum absolute atomic E-state index is 0. The minimum Gasteiger partial charge on any atom is -0.490 e. The molecule has 3 amide bonds. The number of imide groups is 1. The number of urea groups is 1. The van der Waals surface area contributed by atoms with Gasteiger partial charge in [0, 0.05) is 18.2 Å². The molecule has 0 saturated heterocycles. The zero-order valence-electron chi connectivity index (χ0n) is 15.0. The number of fused-ring (bicyclic) bond motifs is 1. The highest BCUT2D eigenvalue weighted by molar-refractivity contribution is 6.02. The Morgan fingerprint density at radius 2 is 1.85 bits per heavy atom. The summed E-state index contributed by atoms with van der Waals surface area (Å²) >= 11 is 0. The quantitative estimate of drug-likeness (QED) is 0.636.